The number of rotatable bonds is 4. The summed E-state index contributed by atoms with van der Waals surface area (Å²) in [5.74, 6) is 1.62. The van der Waals surface area contributed by atoms with Crippen molar-refractivity contribution in [2.75, 3.05) is 36.5 Å². The Labute approximate surface area is 128 Å². The number of aromatic nitrogens is 3. The van der Waals surface area contributed by atoms with E-state index in [-0.39, 0.29) is 0 Å². The van der Waals surface area contributed by atoms with Gasteiger partial charge in [-0.1, -0.05) is 0 Å². The number of thiazole rings is 1. The number of hydrogen-bond donors (Lipinski definition) is 1. The molecule has 3 rings (SSSR count). The monoisotopic (exact) mass is 305 g/mol. The van der Waals surface area contributed by atoms with E-state index in [4.69, 9.17) is 4.74 Å². The molecule has 7 heteroatoms. The van der Waals surface area contributed by atoms with Gasteiger partial charge in [-0.2, -0.15) is 4.98 Å². The minimum Gasteiger partial charge on any atom is -0.378 e. The van der Waals surface area contributed by atoms with E-state index in [1.54, 1.807) is 11.3 Å². The van der Waals surface area contributed by atoms with Gasteiger partial charge in [-0.05, 0) is 13.8 Å². The number of morpholine rings is 1. The molecule has 0 atom stereocenters. The summed E-state index contributed by atoms with van der Waals surface area (Å²) in [4.78, 5) is 15.7. The van der Waals surface area contributed by atoms with Crippen molar-refractivity contribution in [2.24, 2.45) is 0 Å². The summed E-state index contributed by atoms with van der Waals surface area (Å²) in [6.45, 7) is 7.84. The second-order valence-electron chi connectivity index (χ2n) is 5.03. The molecule has 1 aliphatic heterocycles. The Morgan fingerprint density at radius 2 is 2.00 bits per heavy atom. The van der Waals surface area contributed by atoms with Crippen LogP contribution in [-0.4, -0.2) is 41.3 Å². The van der Waals surface area contributed by atoms with Crippen molar-refractivity contribution in [3.8, 4) is 0 Å². The number of nitrogens with one attached hydrogen (secondary N) is 1. The van der Waals surface area contributed by atoms with Crippen LogP contribution in [0.15, 0.2) is 11.4 Å². The molecule has 0 amide bonds. The van der Waals surface area contributed by atoms with Crippen LogP contribution in [0.1, 0.15) is 16.4 Å². The maximum Gasteiger partial charge on any atom is 0.227 e. The van der Waals surface area contributed by atoms with E-state index in [1.165, 1.54) is 0 Å². The van der Waals surface area contributed by atoms with E-state index < -0.39 is 0 Å². The first-order chi connectivity index (χ1) is 10.2. The van der Waals surface area contributed by atoms with E-state index in [0.29, 0.717) is 6.54 Å². The van der Waals surface area contributed by atoms with Crippen LogP contribution in [0.5, 0.6) is 0 Å². The van der Waals surface area contributed by atoms with Crippen LogP contribution in [0.4, 0.5) is 11.8 Å². The summed E-state index contributed by atoms with van der Waals surface area (Å²) >= 11 is 1.66. The number of anilines is 2. The van der Waals surface area contributed by atoms with Gasteiger partial charge in [0.2, 0.25) is 5.95 Å². The molecule has 1 fully saturated rings. The molecule has 112 valence electrons. The van der Waals surface area contributed by atoms with Crippen molar-refractivity contribution in [1.29, 1.82) is 0 Å². The molecule has 0 saturated carbocycles. The number of aryl methyl sites for hydroxylation is 2. The highest BCUT2D eigenvalue weighted by atomic mass is 32.1. The average molecular weight is 305 g/mol. The van der Waals surface area contributed by atoms with Gasteiger partial charge in [-0.15, -0.1) is 11.3 Å². The van der Waals surface area contributed by atoms with Crippen LogP contribution in [0, 0.1) is 13.8 Å². The topological polar surface area (TPSA) is 63.2 Å². The SMILES string of the molecule is Cc1cc(NCc2nc(C)cs2)nc(N2CCOCC2)n1. The highest BCUT2D eigenvalue weighted by Crippen LogP contribution is 2.16. The summed E-state index contributed by atoms with van der Waals surface area (Å²) in [7, 11) is 0. The first-order valence-corrected chi connectivity index (χ1v) is 7.92. The fourth-order valence-electron chi connectivity index (χ4n) is 2.20. The third-order valence-corrected chi connectivity index (χ3v) is 4.19. The van der Waals surface area contributed by atoms with Gasteiger partial charge in [0.15, 0.2) is 0 Å². The van der Waals surface area contributed by atoms with Gasteiger partial charge < -0.3 is 15.0 Å². The summed E-state index contributed by atoms with van der Waals surface area (Å²) in [6.07, 6.45) is 0. The second-order valence-corrected chi connectivity index (χ2v) is 5.97. The van der Waals surface area contributed by atoms with Crippen molar-refractivity contribution in [2.45, 2.75) is 20.4 Å². The third kappa shape index (κ3) is 3.68. The van der Waals surface area contributed by atoms with Gasteiger partial charge in [0.25, 0.3) is 0 Å². The Morgan fingerprint density at radius 3 is 2.71 bits per heavy atom. The van der Waals surface area contributed by atoms with Crippen molar-refractivity contribution >= 4 is 23.1 Å². The third-order valence-electron chi connectivity index (χ3n) is 3.22. The van der Waals surface area contributed by atoms with Crippen molar-refractivity contribution in [3.05, 3.63) is 27.8 Å². The van der Waals surface area contributed by atoms with Crippen LogP contribution in [0.3, 0.4) is 0 Å². The normalized spacial score (nSPS) is 15.2. The lowest BCUT2D eigenvalue weighted by Crippen LogP contribution is -2.37. The highest BCUT2D eigenvalue weighted by molar-refractivity contribution is 7.09. The molecule has 0 aliphatic carbocycles. The minimum atomic E-state index is 0.692. The fourth-order valence-corrected chi connectivity index (χ4v) is 2.91. The van der Waals surface area contributed by atoms with Gasteiger partial charge in [0, 0.05) is 35.9 Å². The molecule has 21 heavy (non-hydrogen) atoms. The molecular formula is C14H19N5OS. The number of nitrogens with zero attached hydrogens (tertiary/aromatic N) is 4. The highest BCUT2D eigenvalue weighted by Gasteiger charge is 2.15. The molecule has 2 aromatic rings. The zero-order valence-electron chi connectivity index (χ0n) is 12.3. The van der Waals surface area contributed by atoms with E-state index >= 15 is 0 Å². The van der Waals surface area contributed by atoms with E-state index in [9.17, 15) is 0 Å². The van der Waals surface area contributed by atoms with Crippen molar-refractivity contribution in [3.63, 3.8) is 0 Å². The summed E-state index contributed by atoms with van der Waals surface area (Å²) in [6, 6.07) is 1.96. The molecule has 3 heterocycles. The molecule has 0 aromatic carbocycles. The Morgan fingerprint density at radius 1 is 1.19 bits per heavy atom. The Bertz CT molecular complexity index is 609. The van der Waals surface area contributed by atoms with Crippen LogP contribution >= 0.6 is 11.3 Å². The zero-order valence-corrected chi connectivity index (χ0v) is 13.1. The predicted molar refractivity (Wildman–Crippen MR) is 84.0 cm³/mol. The van der Waals surface area contributed by atoms with Crippen LogP contribution in [0.25, 0.3) is 0 Å². The second kappa shape index (κ2) is 6.36. The molecule has 0 bridgehead atoms. The molecule has 0 radical (unpaired) electrons. The fraction of sp³-hybridized carbons (Fsp3) is 0.500. The van der Waals surface area contributed by atoms with Crippen LogP contribution < -0.4 is 10.2 Å². The lowest BCUT2D eigenvalue weighted by atomic mass is 10.4. The first-order valence-electron chi connectivity index (χ1n) is 7.04. The van der Waals surface area contributed by atoms with Gasteiger partial charge in [-0.3, -0.25) is 0 Å². The van der Waals surface area contributed by atoms with E-state index in [0.717, 1.165) is 54.5 Å². The van der Waals surface area contributed by atoms with Gasteiger partial charge in [0.05, 0.1) is 19.8 Å². The molecular weight excluding hydrogens is 286 g/mol. The molecule has 1 saturated heterocycles. The molecule has 1 N–H and O–H groups in total. The summed E-state index contributed by atoms with van der Waals surface area (Å²) < 4.78 is 5.37. The standard InChI is InChI=1S/C14H19N5OS/c1-10-7-12(15-8-13-16-11(2)9-21-13)18-14(17-10)19-3-5-20-6-4-19/h7,9H,3-6,8H2,1-2H3,(H,15,17,18). The quantitative estimate of drug-likeness (QED) is 0.932. The van der Waals surface area contributed by atoms with Crippen molar-refractivity contribution in [1.82, 2.24) is 15.0 Å². The maximum absolute atomic E-state index is 5.37. The van der Waals surface area contributed by atoms with Crippen LogP contribution in [-0.2, 0) is 11.3 Å². The zero-order chi connectivity index (χ0) is 14.7. The van der Waals surface area contributed by atoms with Gasteiger partial charge in [-0.25, -0.2) is 9.97 Å². The molecule has 0 spiro atoms. The Hall–Kier alpha value is -1.73. The smallest absolute Gasteiger partial charge is 0.227 e. The maximum atomic E-state index is 5.37. The number of hydrogen-bond acceptors (Lipinski definition) is 7. The van der Waals surface area contributed by atoms with Gasteiger partial charge >= 0.3 is 0 Å². The Balaban J connectivity index is 1.71. The Kier molecular flexibility index (Phi) is 4.31. The molecule has 2 aromatic heterocycles. The average Bonchev–Trinajstić information content (AvgIpc) is 2.91. The predicted octanol–water partition coefficient (Wildman–Crippen LogP) is 2.00. The largest absolute Gasteiger partial charge is 0.378 e. The molecule has 6 nitrogen and oxygen atoms in total. The lowest BCUT2D eigenvalue weighted by Gasteiger charge is -2.27. The van der Waals surface area contributed by atoms with E-state index in [2.05, 4.69) is 30.5 Å². The molecule has 1 aliphatic rings. The number of ether oxygens (including phenoxy) is 1. The summed E-state index contributed by atoms with van der Waals surface area (Å²) in [5, 5.41) is 6.46. The minimum absolute atomic E-state index is 0.692. The van der Waals surface area contributed by atoms with Crippen molar-refractivity contribution < 1.29 is 4.74 Å². The van der Waals surface area contributed by atoms with Gasteiger partial charge in [0.1, 0.15) is 10.8 Å². The molecule has 0 unspecified atom stereocenters. The first kappa shape index (κ1) is 14.2. The summed E-state index contributed by atoms with van der Waals surface area (Å²) in [5.41, 5.74) is 2.02. The van der Waals surface area contributed by atoms with Crippen LogP contribution in [0.2, 0.25) is 0 Å². The lowest BCUT2D eigenvalue weighted by molar-refractivity contribution is 0.122. The van der Waals surface area contributed by atoms with E-state index in [1.807, 2.05) is 19.9 Å².